The third kappa shape index (κ3) is 5.85. The molecule has 0 bridgehead atoms. The van der Waals surface area contributed by atoms with Crippen molar-refractivity contribution >= 4 is 12.0 Å². The summed E-state index contributed by atoms with van der Waals surface area (Å²) in [4.78, 5) is 23.2. The van der Waals surface area contributed by atoms with Gasteiger partial charge in [0.05, 0.1) is 0 Å². The molecule has 5 heteroatoms. The van der Waals surface area contributed by atoms with Crippen molar-refractivity contribution in [2.24, 2.45) is 5.92 Å². The van der Waals surface area contributed by atoms with Crippen LogP contribution >= 0.6 is 0 Å². The second-order valence-corrected chi connectivity index (χ2v) is 5.45. The molecule has 116 valence electrons. The minimum absolute atomic E-state index is 0.00479. The van der Waals surface area contributed by atoms with Gasteiger partial charge >= 0.3 is 12.0 Å². The van der Waals surface area contributed by atoms with Crippen molar-refractivity contribution in [2.75, 3.05) is 0 Å². The Kier molecular flexibility index (Phi) is 6.72. The zero-order valence-electron chi connectivity index (χ0n) is 12.8. The van der Waals surface area contributed by atoms with E-state index < -0.39 is 18.0 Å². The molecular weight excluding hydrogens is 268 g/mol. The topological polar surface area (TPSA) is 78.4 Å². The summed E-state index contributed by atoms with van der Waals surface area (Å²) in [6.07, 6.45) is 1.92. The van der Waals surface area contributed by atoms with Crippen LogP contribution in [0, 0.1) is 5.92 Å². The third-order valence-electron chi connectivity index (χ3n) is 3.49. The molecule has 1 aromatic carbocycles. The number of aliphatic carboxylic acids is 1. The minimum Gasteiger partial charge on any atom is -0.479 e. The van der Waals surface area contributed by atoms with E-state index in [1.165, 1.54) is 0 Å². The van der Waals surface area contributed by atoms with Gasteiger partial charge in [-0.3, -0.25) is 0 Å². The minimum atomic E-state index is -1.08. The second kappa shape index (κ2) is 8.29. The van der Waals surface area contributed by atoms with Crippen molar-refractivity contribution in [2.45, 2.75) is 45.7 Å². The molecule has 1 aromatic rings. The predicted octanol–water partition coefficient (Wildman–Crippen LogP) is 2.94. The number of carbonyl (C=O) groups excluding carboxylic acids is 1. The van der Waals surface area contributed by atoms with Crippen LogP contribution in [0.3, 0.4) is 0 Å². The fourth-order valence-corrected chi connectivity index (χ4v) is 2.16. The normalized spacial score (nSPS) is 14.8. The van der Waals surface area contributed by atoms with Gasteiger partial charge in [-0.05, 0) is 24.8 Å². The van der Waals surface area contributed by atoms with Crippen LogP contribution in [0.1, 0.15) is 45.2 Å². The van der Waals surface area contributed by atoms with Gasteiger partial charge in [-0.15, -0.1) is 0 Å². The van der Waals surface area contributed by atoms with Crippen LogP contribution in [0.15, 0.2) is 30.3 Å². The van der Waals surface area contributed by atoms with Crippen LogP contribution in [0.5, 0.6) is 0 Å². The maximum Gasteiger partial charge on any atom is 0.330 e. The fraction of sp³-hybridized carbons (Fsp3) is 0.500. The highest BCUT2D eigenvalue weighted by molar-refractivity contribution is 5.83. The average molecular weight is 292 g/mol. The smallest absolute Gasteiger partial charge is 0.330 e. The Morgan fingerprint density at radius 3 is 2.29 bits per heavy atom. The molecule has 0 aliphatic heterocycles. The van der Waals surface area contributed by atoms with Crippen molar-refractivity contribution in [1.82, 2.24) is 10.6 Å². The highest BCUT2D eigenvalue weighted by Gasteiger charge is 2.22. The highest BCUT2D eigenvalue weighted by atomic mass is 16.4. The van der Waals surface area contributed by atoms with Gasteiger partial charge in [0.15, 0.2) is 6.04 Å². The van der Waals surface area contributed by atoms with Crippen LogP contribution in [-0.2, 0) is 4.79 Å². The maximum absolute atomic E-state index is 11.9. The van der Waals surface area contributed by atoms with Crippen molar-refractivity contribution < 1.29 is 14.7 Å². The third-order valence-corrected chi connectivity index (χ3v) is 3.49. The van der Waals surface area contributed by atoms with Gasteiger partial charge < -0.3 is 15.7 Å². The molecule has 3 unspecified atom stereocenters. The summed E-state index contributed by atoms with van der Waals surface area (Å²) < 4.78 is 0. The molecule has 0 heterocycles. The fourth-order valence-electron chi connectivity index (χ4n) is 2.16. The Balaban J connectivity index is 2.60. The van der Waals surface area contributed by atoms with Gasteiger partial charge in [0.1, 0.15) is 0 Å². The number of carboxylic acids is 1. The zero-order chi connectivity index (χ0) is 15.8. The van der Waals surface area contributed by atoms with Gasteiger partial charge in [-0.25, -0.2) is 9.59 Å². The van der Waals surface area contributed by atoms with E-state index in [0.29, 0.717) is 11.5 Å². The summed E-state index contributed by atoms with van der Waals surface area (Å²) >= 11 is 0. The van der Waals surface area contributed by atoms with Crippen LogP contribution in [0.4, 0.5) is 4.79 Å². The van der Waals surface area contributed by atoms with E-state index in [1.807, 2.05) is 6.92 Å². The lowest BCUT2D eigenvalue weighted by Crippen LogP contribution is -2.44. The number of urea groups is 1. The number of carbonyl (C=O) groups is 2. The summed E-state index contributed by atoms with van der Waals surface area (Å²) in [7, 11) is 0. The number of hydrogen-bond acceptors (Lipinski definition) is 2. The van der Waals surface area contributed by atoms with E-state index in [-0.39, 0.29) is 6.04 Å². The number of amides is 2. The SMILES string of the molecule is CCC(C)CC(C)NC(=O)NC(C(=O)O)c1ccccc1. The summed E-state index contributed by atoms with van der Waals surface area (Å²) in [5.41, 5.74) is 0.551. The molecule has 0 radical (unpaired) electrons. The first-order chi connectivity index (χ1) is 9.93. The van der Waals surface area contributed by atoms with Gasteiger partial charge in [0.2, 0.25) is 0 Å². The molecule has 0 aromatic heterocycles. The number of benzene rings is 1. The summed E-state index contributed by atoms with van der Waals surface area (Å²) in [5.74, 6) is -0.560. The van der Waals surface area contributed by atoms with Crippen molar-refractivity contribution in [1.29, 1.82) is 0 Å². The monoisotopic (exact) mass is 292 g/mol. The second-order valence-electron chi connectivity index (χ2n) is 5.45. The van der Waals surface area contributed by atoms with Gasteiger partial charge in [0.25, 0.3) is 0 Å². The maximum atomic E-state index is 11.9. The van der Waals surface area contributed by atoms with Crippen LogP contribution in [0.25, 0.3) is 0 Å². The lowest BCUT2D eigenvalue weighted by atomic mass is 10.0. The Labute approximate surface area is 125 Å². The summed E-state index contributed by atoms with van der Waals surface area (Å²) in [6.45, 7) is 6.15. The first kappa shape index (κ1) is 17.0. The van der Waals surface area contributed by atoms with Gasteiger partial charge in [0, 0.05) is 6.04 Å². The molecule has 3 atom stereocenters. The molecule has 0 aliphatic rings. The molecule has 0 aliphatic carbocycles. The highest BCUT2D eigenvalue weighted by Crippen LogP contribution is 2.13. The standard InChI is InChI=1S/C16H24N2O3/c1-4-11(2)10-12(3)17-16(21)18-14(15(19)20)13-8-6-5-7-9-13/h5-9,11-12,14H,4,10H2,1-3H3,(H,19,20)(H2,17,18,21). The number of rotatable bonds is 7. The number of carboxylic acid groups (broad SMARTS) is 1. The molecule has 2 amide bonds. The van der Waals surface area contributed by atoms with Crippen LogP contribution < -0.4 is 10.6 Å². The average Bonchev–Trinajstić information content (AvgIpc) is 2.45. The molecule has 0 saturated carbocycles. The molecule has 21 heavy (non-hydrogen) atoms. The quantitative estimate of drug-likeness (QED) is 0.723. The number of nitrogens with one attached hydrogen (secondary N) is 2. The lowest BCUT2D eigenvalue weighted by molar-refractivity contribution is -0.139. The van der Waals surface area contributed by atoms with E-state index in [1.54, 1.807) is 30.3 Å². The van der Waals surface area contributed by atoms with Crippen LogP contribution in [0.2, 0.25) is 0 Å². The molecule has 5 nitrogen and oxygen atoms in total. The van der Waals surface area contributed by atoms with Crippen molar-refractivity contribution in [3.63, 3.8) is 0 Å². The Bertz CT molecular complexity index is 462. The molecule has 0 saturated heterocycles. The lowest BCUT2D eigenvalue weighted by Gasteiger charge is -2.20. The Morgan fingerprint density at radius 2 is 1.76 bits per heavy atom. The first-order valence-electron chi connectivity index (χ1n) is 7.28. The van der Waals surface area contributed by atoms with Crippen molar-refractivity contribution in [3.05, 3.63) is 35.9 Å². The first-order valence-corrected chi connectivity index (χ1v) is 7.28. The van der Waals surface area contributed by atoms with Crippen LogP contribution in [-0.4, -0.2) is 23.1 Å². The predicted molar refractivity (Wildman–Crippen MR) is 82.0 cm³/mol. The number of hydrogen-bond donors (Lipinski definition) is 3. The molecular formula is C16H24N2O3. The van der Waals surface area contributed by atoms with Gasteiger partial charge in [-0.2, -0.15) is 0 Å². The molecule has 0 spiro atoms. The molecule has 0 fully saturated rings. The van der Waals surface area contributed by atoms with Crippen molar-refractivity contribution in [3.8, 4) is 0 Å². The molecule has 1 rings (SSSR count). The Morgan fingerprint density at radius 1 is 1.14 bits per heavy atom. The van der Waals surface area contributed by atoms with E-state index in [0.717, 1.165) is 12.8 Å². The summed E-state index contributed by atoms with van der Waals surface area (Å²) in [6, 6.07) is 7.17. The molecule has 3 N–H and O–H groups in total. The largest absolute Gasteiger partial charge is 0.479 e. The van der Waals surface area contributed by atoms with E-state index >= 15 is 0 Å². The van der Waals surface area contributed by atoms with E-state index in [2.05, 4.69) is 24.5 Å². The zero-order valence-corrected chi connectivity index (χ0v) is 12.8. The van der Waals surface area contributed by atoms with E-state index in [9.17, 15) is 14.7 Å². The van der Waals surface area contributed by atoms with E-state index in [4.69, 9.17) is 0 Å². The Hall–Kier alpha value is -2.04. The van der Waals surface area contributed by atoms with Gasteiger partial charge in [-0.1, -0.05) is 50.6 Å². The summed E-state index contributed by atoms with van der Waals surface area (Å²) in [5, 5.41) is 14.5.